The molecule has 0 saturated heterocycles. The number of nitrogens with zero attached hydrogens (tertiary/aromatic N) is 1. The average molecular weight is 181 g/mol. The fourth-order valence-electron chi connectivity index (χ4n) is 1.05. The highest BCUT2D eigenvalue weighted by Crippen LogP contribution is 1.96. The van der Waals surface area contributed by atoms with Gasteiger partial charge in [-0.3, -0.25) is 9.78 Å². The molecule has 0 saturated carbocycles. The molecule has 2 N–H and O–H groups in total. The van der Waals surface area contributed by atoms with Crippen molar-refractivity contribution < 1.29 is 0 Å². The number of aromatic amines is 1. The predicted octanol–water partition coefficient (Wildman–Crippen LogP) is 1.29. The van der Waals surface area contributed by atoms with Crippen molar-refractivity contribution in [3.05, 3.63) is 22.1 Å². The third-order valence-electron chi connectivity index (χ3n) is 1.69. The normalized spacial score (nSPS) is 10.0. The number of nitrogens with one attached hydrogen (secondary N) is 2. The Bertz CT molecular complexity index is 319. The predicted molar refractivity (Wildman–Crippen MR) is 53.0 cm³/mol. The third-order valence-corrected chi connectivity index (χ3v) is 1.69. The minimum Gasteiger partial charge on any atom is -0.356 e. The van der Waals surface area contributed by atoms with Crippen LogP contribution in [0.1, 0.15) is 25.5 Å². The van der Waals surface area contributed by atoms with E-state index in [0.717, 1.165) is 25.1 Å². The number of hydrogen-bond acceptors (Lipinski definition) is 3. The van der Waals surface area contributed by atoms with Gasteiger partial charge in [-0.1, -0.05) is 13.3 Å². The van der Waals surface area contributed by atoms with Gasteiger partial charge in [0.25, 0.3) is 5.56 Å². The number of aryl methyl sites for hydroxylation is 1. The lowest BCUT2D eigenvalue weighted by Crippen LogP contribution is -2.13. The molecule has 0 spiro atoms. The first-order valence-electron chi connectivity index (χ1n) is 4.54. The Morgan fingerprint density at radius 3 is 3.00 bits per heavy atom. The maximum absolute atomic E-state index is 11.0. The summed E-state index contributed by atoms with van der Waals surface area (Å²) in [6.45, 7) is 4.78. The standard InChI is InChI=1S/C9H15N3O/c1-3-4-5-10-9-11-7(2)6-8(13)12-9/h6H,3-5H2,1-2H3,(H2,10,11,12,13). The van der Waals surface area contributed by atoms with E-state index in [4.69, 9.17) is 0 Å². The van der Waals surface area contributed by atoms with Crippen LogP contribution in [0.15, 0.2) is 10.9 Å². The Balaban J connectivity index is 2.61. The molecule has 0 amide bonds. The van der Waals surface area contributed by atoms with Crippen LogP contribution in [-0.2, 0) is 0 Å². The van der Waals surface area contributed by atoms with Crippen LogP contribution in [0.4, 0.5) is 5.95 Å². The molecular weight excluding hydrogens is 166 g/mol. The summed E-state index contributed by atoms with van der Waals surface area (Å²) in [6, 6.07) is 1.48. The Hall–Kier alpha value is -1.32. The van der Waals surface area contributed by atoms with E-state index in [-0.39, 0.29) is 5.56 Å². The summed E-state index contributed by atoms with van der Waals surface area (Å²) >= 11 is 0. The zero-order valence-corrected chi connectivity index (χ0v) is 8.05. The first-order chi connectivity index (χ1) is 6.22. The van der Waals surface area contributed by atoms with Gasteiger partial charge in [-0.2, -0.15) is 0 Å². The highest BCUT2D eigenvalue weighted by atomic mass is 16.1. The number of aromatic nitrogens is 2. The van der Waals surface area contributed by atoms with Crippen molar-refractivity contribution in [1.82, 2.24) is 9.97 Å². The molecule has 0 aliphatic heterocycles. The molecule has 0 aliphatic carbocycles. The van der Waals surface area contributed by atoms with Crippen molar-refractivity contribution in [3.8, 4) is 0 Å². The van der Waals surface area contributed by atoms with Crippen molar-refractivity contribution >= 4 is 5.95 Å². The number of H-pyrrole nitrogens is 1. The molecule has 0 aromatic carbocycles. The molecule has 4 nitrogen and oxygen atoms in total. The van der Waals surface area contributed by atoms with Crippen LogP contribution in [0.3, 0.4) is 0 Å². The van der Waals surface area contributed by atoms with Gasteiger partial charge in [-0.15, -0.1) is 0 Å². The lowest BCUT2D eigenvalue weighted by molar-refractivity contribution is 0.824. The van der Waals surface area contributed by atoms with Crippen LogP contribution in [0, 0.1) is 6.92 Å². The van der Waals surface area contributed by atoms with E-state index in [1.54, 1.807) is 6.92 Å². The minimum atomic E-state index is -0.105. The second-order valence-corrected chi connectivity index (χ2v) is 3.02. The first-order valence-corrected chi connectivity index (χ1v) is 4.54. The maximum Gasteiger partial charge on any atom is 0.252 e. The summed E-state index contributed by atoms with van der Waals surface area (Å²) in [5.74, 6) is 0.568. The lowest BCUT2D eigenvalue weighted by Gasteiger charge is -2.03. The monoisotopic (exact) mass is 181 g/mol. The summed E-state index contributed by atoms with van der Waals surface area (Å²) in [5, 5.41) is 3.06. The van der Waals surface area contributed by atoms with Crippen molar-refractivity contribution in [3.63, 3.8) is 0 Å². The van der Waals surface area contributed by atoms with E-state index < -0.39 is 0 Å². The molecule has 1 rings (SSSR count). The Morgan fingerprint density at radius 2 is 2.38 bits per heavy atom. The van der Waals surface area contributed by atoms with Crippen molar-refractivity contribution in [2.75, 3.05) is 11.9 Å². The molecule has 1 heterocycles. The highest BCUT2D eigenvalue weighted by molar-refractivity contribution is 5.24. The largest absolute Gasteiger partial charge is 0.356 e. The van der Waals surface area contributed by atoms with E-state index in [2.05, 4.69) is 22.2 Å². The van der Waals surface area contributed by atoms with Gasteiger partial charge >= 0.3 is 0 Å². The summed E-state index contributed by atoms with van der Waals surface area (Å²) in [7, 11) is 0. The van der Waals surface area contributed by atoms with Gasteiger partial charge in [0.05, 0.1) is 0 Å². The smallest absolute Gasteiger partial charge is 0.252 e. The Labute approximate surface area is 77.4 Å². The first kappa shape index (κ1) is 9.77. The van der Waals surface area contributed by atoms with Gasteiger partial charge in [0.15, 0.2) is 0 Å². The molecule has 1 aromatic rings. The molecule has 0 aliphatic rings. The van der Waals surface area contributed by atoms with Crippen LogP contribution in [0.25, 0.3) is 0 Å². The Morgan fingerprint density at radius 1 is 1.62 bits per heavy atom. The minimum absolute atomic E-state index is 0.105. The molecule has 72 valence electrons. The molecule has 0 unspecified atom stereocenters. The Kier molecular flexibility index (Phi) is 3.49. The molecule has 0 fully saturated rings. The number of unbranched alkanes of at least 4 members (excludes halogenated alkanes) is 1. The summed E-state index contributed by atoms with van der Waals surface area (Å²) in [5.41, 5.74) is 0.634. The van der Waals surface area contributed by atoms with Crippen molar-refractivity contribution in [2.24, 2.45) is 0 Å². The number of hydrogen-bond donors (Lipinski definition) is 2. The molecule has 0 bridgehead atoms. The quantitative estimate of drug-likeness (QED) is 0.688. The lowest BCUT2D eigenvalue weighted by atomic mass is 10.3. The topological polar surface area (TPSA) is 57.8 Å². The maximum atomic E-state index is 11.0. The zero-order chi connectivity index (χ0) is 9.68. The van der Waals surface area contributed by atoms with Gasteiger partial charge in [-0.05, 0) is 13.3 Å². The third kappa shape index (κ3) is 3.27. The van der Waals surface area contributed by atoms with E-state index in [0.29, 0.717) is 5.95 Å². The highest BCUT2D eigenvalue weighted by Gasteiger charge is 1.95. The molecule has 0 atom stereocenters. The van der Waals surface area contributed by atoms with Gasteiger partial charge < -0.3 is 5.32 Å². The van der Waals surface area contributed by atoms with Crippen molar-refractivity contribution in [2.45, 2.75) is 26.7 Å². The van der Waals surface area contributed by atoms with Gasteiger partial charge in [0.1, 0.15) is 0 Å². The van der Waals surface area contributed by atoms with Crippen LogP contribution < -0.4 is 10.9 Å². The van der Waals surface area contributed by atoms with E-state index in [1.165, 1.54) is 6.07 Å². The molecule has 1 aromatic heterocycles. The van der Waals surface area contributed by atoms with E-state index in [9.17, 15) is 4.79 Å². The average Bonchev–Trinajstić information content (AvgIpc) is 2.03. The molecule has 0 radical (unpaired) electrons. The SMILES string of the molecule is CCCCNc1nc(C)cc(=O)[nH]1. The molecule has 4 heteroatoms. The second kappa shape index (κ2) is 4.64. The van der Waals surface area contributed by atoms with Crippen LogP contribution in [0.5, 0.6) is 0 Å². The van der Waals surface area contributed by atoms with Crippen molar-refractivity contribution in [1.29, 1.82) is 0 Å². The van der Waals surface area contributed by atoms with Crippen LogP contribution in [0.2, 0.25) is 0 Å². The molecule has 13 heavy (non-hydrogen) atoms. The fraction of sp³-hybridized carbons (Fsp3) is 0.556. The zero-order valence-electron chi connectivity index (χ0n) is 8.05. The number of rotatable bonds is 4. The number of anilines is 1. The fourth-order valence-corrected chi connectivity index (χ4v) is 1.05. The molecular formula is C9H15N3O. The second-order valence-electron chi connectivity index (χ2n) is 3.02. The van der Waals surface area contributed by atoms with E-state index in [1.807, 2.05) is 0 Å². The van der Waals surface area contributed by atoms with E-state index >= 15 is 0 Å². The van der Waals surface area contributed by atoms with Crippen LogP contribution in [-0.4, -0.2) is 16.5 Å². The van der Waals surface area contributed by atoms with Gasteiger partial charge in [0.2, 0.25) is 5.95 Å². The summed E-state index contributed by atoms with van der Waals surface area (Å²) < 4.78 is 0. The van der Waals surface area contributed by atoms with Crippen LogP contribution >= 0.6 is 0 Å². The van der Waals surface area contributed by atoms with Gasteiger partial charge in [-0.25, -0.2) is 4.98 Å². The summed E-state index contributed by atoms with van der Waals surface area (Å²) in [4.78, 5) is 17.8. The van der Waals surface area contributed by atoms with Gasteiger partial charge in [0, 0.05) is 18.3 Å². The summed E-state index contributed by atoms with van der Waals surface area (Å²) in [6.07, 6.45) is 2.21.